The molecule has 0 saturated carbocycles. The van der Waals surface area contributed by atoms with Crippen molar-refractivity contribution in [3.05, 3.63) is 28.7 Å². The Hall–Kier alpha value is -0.710. The Morgan fingerprint density at radius 3 is 3.29 bits per heavy atom. The number of nitrogens with zero attached hydrogens (tertiary/aromatic N) is 1. The molecule has 3 nitrogen and oxygen atoms in total. The van der Waals surface area contributed by atoms with Crippen LogP contribution in [-0.2, 0) is 17.9 Å². The smallest absolute Gasteiger partial charge is 0.107 e. The van der Waals surface area contributed by atoms with Gasteiger partial charge in [0, 0.05) is 11.9 Å². The van der Waals surface area contributed by atoms with Crippen LogP contribution in [0.3, 0.4) is 0 Å². The zero-order chi connectivity index (χ0) is 10.2. The van der Waals surface area contributed by atoms with Crippen LogP contribution in [0.5, 0.6) is 0 Å². The Bertz CT molecular complexity index is 273. The highest BCUT2D eigenvalue weighted by molar-refractivity contribution is 7.09. The highest BCUT2D eigenvalue weighted by atomic mass is 32.1. The van der Waals surface area contributed by atoms with E-state index in [4.69, 9.17) is 4.74 Å². The van der Waals surface area contributed by atoms with E-state index in [1.165, 1.54) is 0 Å². The van der Waals surface area contributed by atoms with Gasteiger partial charge in [0.2, 0.25) is 0 Å². The zero-order valence-corrected chi connectivity index (χ0v) is 9.27. The first-order chi connectivity index (χ1) is 6.86. The fraction of sp³-hybridized carbons (Fsp3) is 0.500. The van der Waals surface area contributed by atoms with E-state index in [0.717, 1.165) is 23.8 Å². The lowest BCUT2D eigenvalue weighted by Gasteiger charge is -1.97. The largest absolute Gasteiger partial charge is 0.371 e. The van der Waals surface area contributed by atoms with Crippen molar-refractivity contribution < 1.29 is 4.74 Å². The van der Waals surface area contributed by atoms with Gasteiger partial charge in [0.1, 0.15) is 5.01 Å². The highest BCUT2D eigenvalue weighted by Gasteiger charge is 2.00. The summed E-state index contributed by atoms with van der Waals surface area (Å²) in [5.74, 6) is 0. The molecule has 0 aliphatic rings. The molecule has 0 radical (unpaired) electrons. The molecule has 1 aromatic rings. The van der Waals surface area contributed by atoms with E-state index < -0.39 is 0 Å². The Balaban J connectivity index is 2.31. The molecular weight excluding hydrogens is 196 g/mol. The lowest BCUT2D eigenvalue weighted by molar-refractivity contribution is 0.146. The third kappa shape index (κ3) is 4.00. The van der Waals surface area contributed by atoms with Crippen molar-refractivity contribution in [3.8, 4) is 0 Å². The molecule has 0 fully saturated rings. The van der Waals surface area contributed by atoms with Crippen molar-refractivity contribution >= 4 is 11.3 Å². The van der Waals surface area contributed by atoms with Crippen molar-refractivity contribution in [3.63, 3.8) is 0 Å². The van der Waals surface area contributed by atoms with Crippen molar-refractivity contribution in [2.75, 3.05) is 13.2 Å². The molecule has 78 valence electrons. The summed E-state index contributed by atoms with van der Waals surface area (Å²) in [5, 5.41) is 6.39. The van der Waals surface area contributed by atoms with Gasteiger partial charge in [-0.25, -0.2) is 4.98 Å². The van der Waals surface area contributed by atoms with E-state index in [1.54, 1.807) is 17.4 Å². The summed E-state index contributed by atoms with van der Waals surface area (Å²) in [7, 11) is 0. The Kier molecular flexibility index (Phi) is 5.44. The van der Waals surface area contributed by atoms with Gasteiger partial charge in [-0.15, -0.1) is 17.9 Å². The van der Waals surface area contributed by atoms with Gasteiger partial charge in [-0.3, -0.25) is 0 Å². The predicted molar refractivity (Wildman–Crippen MR) is 59.3 cm³/mol. The average molecular weight is 212 g/mol. The Morgan fingerprint density at radius 2 is 2.57 bits per heavy atom. The van der Waals surface area contributed by atoms with Crippen LogP contribution in [0, 0.1) is 0 Å². The summed E-state index contributed by atoms with van der Waals surface area (Å²) in [6.07, 6.45) is 1.74. The van der Waals surface area contributed by atoms with Crippen LogP contribution in [0.15, 0.2) is 18.0 Å². The number of hydrogen-bond acceptors (Lipinski definition) is 4. The maximum absolute atomic E-state index is 5.29. The fourth-order valence-electron chi connectivity index (χ4n) is 0.975. The van der Waals surface area contributed by atoms with Crippen LogP contribution in [0.1, 0.15) is 17.6 Å². The third-order valence-corrected chi connectivity index (χ3v) is 2.51. The highest BCUT2D eigenvalue weighted by Crippen LogP contribution is 2.10. The maximum Gasteiger partial charge on any atom is 0.107 e. The first-order valence-electron chi connectivity index (χ1n) is 4.69. The molecule has 0 amide bonds. The Morgan fingerprint density at radius 1 is 1.71 bits per heavy atom. The van der Waals surface area contributed by atoms with Crippen LogP contribution in [0.25, 0.3) is 0 Å². The molecule has 0 aliphatic carbocycles. The van der Waals surface area contributed by atoms with Gasteiger partial charge < -0.3 is 10.1 Å². The molecule has 1 aromatic heterocycles. The number of ether oxygens (including phenoxy) is 1. The monoisotopic (exact) mass is 212 g/mol. The molecule has 0 aliphatic heterocycles. The normalized spacial score (nSPS) is 10.4. The molecule has 0 bridgehead atoms. The molecular formula is C10H16N2OS. The van der Waals surface area contributed by atoms with Gasteiger partial charge in [-0.05, 0) is 6.54 Å². The number of aromatic nitrogens is 1. The lowest BCUT2D eigenvalue weighted by Crippen LogP contribution is -2.11. The van der Waals surface area contributed by atoms with E-state index in [-0.39, 0.29) is 0 Å². The minimum atomic E-state index is 0.578. The summed E-state index contributed by atoms with van der Waals surface area (Å²) in [5.41, 5.74) is 1.00. The minimum Gasteiger partial charge on any atom is -0.371 e. The molecule has 0 spiro atoms. The topological polar surface area (TPSA) is 34.1 Å². The van der Waals surface area contributed by atoms with Crippen molar-refractivity contribution in [1.82, 2.24) is 10.3 Å². The molecule has 1 rings (SSSR count). The van der Waals surface area contributed by atoms with Gasteiger partial charge in [0.15, 0.2) is 0 Å². The molecule has 0 atom stereocenters. The van der Waals surface area contributed by atoms with E-state index >= 15 is 0 Å². The van der Waals surface area contributed by atoms with Crippen LogP contribution in [-0.4, -0.2) is 18.1 Å². The lowest BCUT2D eigenvalue weighted by atomic mass is 10.5. The molecule has 0 unspecified atom stereocenters. The second kappa shape index (κ2) is 6.70. The van der Waals surface area contributed by atoms with Crippen LogP contribution < -0.4 is 5.32 Å². The van der Waals surface area contributed by atoms with Gasteiger partial charge in [-0.1, -0.05) is 13.0 Å². The number of nitrogens with one attached hydrogen (secondary N) is 1. The predicted octanol–water partition coefficient (Wildman–Crippen LogP) is 1.96. The van der Waals surface area contributed by atoms with Gasteiger partial charge >= 0.3 is 0 Å². The van der Waals surface area contributed by atoms with E-state index in [9.17, 15) is 0 Å². The minimum absolute atomic E-state index is 0.578. The number of rotatable bonds is 7. The Labute approximate surface area is 88.8 Å². The van der Waals surface area contributed by atoms with Crippen LogP contribution in [0.2, 0.25) is 0 Å². The first-order valence-corrected chi connectivity index (χ1v) is 5.57. The van der Waals surface area contributed by atoms with E-state index in [0.29, 0.717) is 13.2 Å². The van der Waals surface area contributed by atoms with E-state index in [1.807, 2.05) is 5.38 Å². The molecule has 1 N–H and O–H groups in total. The van der Waals surface area contributed by atoms with Crippen molar-refractivity contribution in [2.24, 2.45) is 0 Å². The summed E-state index contributed by atoms with van der Waals surface area (Å²) in [6, 6.07) is 0. The van der Waals surface area contributed by atoms with Gasteiger partial charge in [0.25, 0.3) is 0 Å². The number of thiazole rings is 1. The van der Waals surface area contributed by atoms with Crippen molar-refractivity contribution in [1.29, 1.82) is 0 Å². The quantitative estimate of drug-likeness (QED) is 0.554. The first kappa shape index (κ1) is 11.4. The summed E-state index contributed by atoms with van der Waals surface area (Å²) in [6.45, 7) is 8.66. The van der Waals surface area contributed by atoms with Crippen molar-refractivity contribution in [2.45, 2.75) is 20.1 Å². The molecule has 0 saturated heterocycles. The zero-order valence-electron chi connectivity index (χ0n) is 8.45. The summed E-state index contributed by atoms with van der Waals surface area (Å²) in [4.78, 5) is 4.42. The second-order valence-corrected chi connectivity index (χ2v) is 3.76. The van der Waals surface area contributed by atoms with E-state index in [2.05, 4.69) is 23.8 Å². The third-order valence-electron chi connectivity index (χ3n) is 1.61. The summed E-state index contributed by atoms with van der Waals surface area (Å²) >= 11 is 1.67. The van der Waals surface area contributed by atoms with Gasteiger partial charge in [-0.2, -0.15) is 0 Å². The number of hydrogen-bond donors (Lipinski definition) is 1. The molecule has 14 heavy (non-hydrogen) atoms. The summed E-state index contributed by atoms with van der Waals surface area (Å²) < 4.78 is 5.29. The van der Waals surface area contributed by atoms with Crippen LogP contribution >= 0.6 is 11.3 Å². The molecule has 0 aromatic carbocycles. The average Bonchev–Trinajstić information content (AvgIpc) is 2.63. The standard InChI is InChI=1S/C10H16N2OS/c1-3-5-13-7-9-8-14-10(12-9)6-11-4-2/h3,8,11H,1,4-7H2,2H3. The molecule has 1 heterocycles. The van der Waals surface area contributed by atoms with Gasteiger partial charge in [0.05, 0.1) is 18.9 Å². The van der Waals surface area contributed by atoms with Crippen LogP contribution in [0.4, 0.5) is 0 Å². The second-order valence-electron chi connectivity index (χ2n) is 2.82. The fourth-order valence-corrected chi connectivity index (χ4v) is 1.72. The SMILES string of the molecule is C=CCOCc1csc(CNCC)n1. The molecule has 4 heteroatoms. The maximum atomic E-state index is 5.29.